The van der Waals surface area contributed by atoms with Crippen LogP contribution in [-0.2, 0) is 6.54 Å². The Bertz CT molecular complexity index is 1500. The maximum atomic E-state index is 15.0. The number of hydrogen-bond donors (Lipinski definition) is 1. The Labute approximate surface area is 202 Å². The number of aromatic nitrogens is 5. The zero-order valence-corrected chi connectivity index (χ0v) is 19.0. The van der Waals surface area contributed by atoms with Crippen molar-refractivity contribution in [3.05, 3.63) is 36.0 Å². The maximum Gasteiger partial charge on any atom is 0.280 e. The molecule has 0 spiro atoms. The molecule has 8 nitrogen and oxygen atoms in total. The number of likely N-dealkylation sites (tertiary alicyclic amines) is 1. The molecule has 1 aromatic carbocycles. The highest BCUT2D eigenvalue weighted by molar-refractivity contribution is 5.90. The number of hydrogen-bond acceptors (Lipinski definition) is 6. The third-order valence-corrected chi connectivity index (χ3v) is 6.19. The molecule has 0 bridgehead atoms. The highest BCUT2D eigenvalue weighted by Gasteiger charge is 2.44. The number of piperidine rings is 1. The third-order valence-electron chi connectivity index (χ3n) is 6.19. The molecule has 1 atom stereocenters. The average molecular weight is 495 g/mol. The van der Waals surface area contributed by atoms with Crippen LogP contribution in [0.2, 0.25) is 0 Å². The van der Waals surface area contributed by atoms with Gasteiger partial charge in [-0.15, -0.1) is 5.10 Å². The van der Waals surface area contributed by atoms with Gasteiger partial charge in [0.2, 0.25) is 11.8 Å². The van der Waals surface area contributed by atoms with Crippen LogP contribution in [0.3, 0.4) is 0 Å². The summed E-state index contributed by atoms with van der Waals surface area (Å²) in [6.45, 7) is -2.54. The van der Waals surface area contributed by atoms with Gasteiger partial charge in [0.05, 0.1) is 31.8 Å². The number of imidazole rings is 1. The van der Waals surface area contributed by atoms with E-state index in [2.05, 4.69) is 20.4 Å². The molecule has 186 valence electrons. The van der Waals surface area contributed by atoms with Crippen molar-refractivity contribution >= 4 is 22.5 Å². The van der Waals surface area contributed by atoms with Crippen LogP contribution in [0.25, 0.3) is 27.7 Å². The topological polar surface area (TPSA) is 72.5 Å². The molecule has 1 aliphatic rings. The molecule has 0 radical (unpaired) electrons. The summed E-state index contributed by atoms with van der Waals surface area (Å²) in [4.78, 5) is 9.24. The first-order valence-corrected chi connectivity index (χ1v) is 11.0. The second-order valence-corrected chi connectivity index (χ2v) is 8.46. The largest absolute Gasteiger partial charge is 0.479 e. The molecular weight excluding hydrogens is 466 g/mol. The first-order chi connectivity index (χ1) is 17.9. The van der Waals surface area contributed by atoms with Crippen molar-refractivity contribution in [2.24, 2.45) is 0 Å². The Morgan fingerprint density at radius 1 is 1.31 bits per heavy atom. The van der Waals surface area contributed by atoms with E-state index in [1.165, 1.54) is 17.7 Å². The number of methoxy groups -OCH3 is 1. The molecule has 0 amide bonds. The lowest BCUT2D eigenvalue weighted by Gasteiger charge is -2.36. The van der Waals surface area contributed by atoms with E-state index in [0.717, 1.165) is 4.90 Å². The molecule has 3 aromatic heterocycles. The number of halogens is 4. The van der Waals surface area contributed by atoms with Crippen molar-refractivity contribution in [1.29, 1.82) is 0 Å². The van der Waals surface area contributed by atoms with Gasteiger partial charge >= 0.3 is 0 Å². The van der Waals surface area contributed by atoms with E-state index < -0.39 is 38.0 Å². The number of alkyl halides is 3. The number of aryl methyl sites for hydroxylation is 2. The van der Waals surface area contributed by atoms with Crippen LogP contribution in [0, 0.1) is 12.7 Å². The molecule has 1 unspecified atom stereocenters. The van der Waals surface area contributed by atoms with Crippen LogP contribution in [0.4, 0.5) is 23.5 Å². The predicted molar refractivity (Wildman–Crippen MR) is 123 cm³/mol. The Kier molecular flexibility index (Phi) is 4.92. The van der Waals surface area contributed by atoms with Gasteiger partial charge in [-0.2, -0.15) is 4.98 Å². The summed E-state index contributed by atoms with van der Waals surface area (Å²) in [5, 5.41) is 6.91. The molecule has 12 heteroatoms. The molecule has 1 aliphatic heterocycles. The van der Waals surface area contributed by atoms with E-state index in [0.29, 0.717) is 28.0 Å². The molecule has 4 heterocycles. The fourth-order valence-electron chi connectivity index (χ4n) is 4.52. The molecule has 0 saturated carbocycles. The summed E-state index contributed by atoms with van der Waals surface area (Å²) in [5.74, 6) is -3.54. The van der Waals surface area contributed by atoms with Gasteiger partial charge in [0.15, 0.2) is 5.82 Å². The molecule has 35 heavy (non-hydrogen) atoms. The number of nitrogens with zero attached hydrogens (tertiary/aromatic N) is 6. The summed E-state index contributed by atoms with van der Waals surface area (Å²) in [6, 6.07) is 3.25. The summed E-state index contributed by atoms with van der Waals surface area (Å²) in [6.07, 6.45) is 1.42. The van der Waals surface area contributed by atoms with Gasteiger partial charge in [0.1, 0.15) is 23.5 Å². The molecular formula is C23H25F4N7O. The standard InChI is InChI=1S/C23H25F4N7O/c1-13-28-19-16(25)10-14(11-17(19)33(13)9-6-24)15-4-8-34-20(15)21(35-3)30-22(31-34)29-18-5-7-32(2)12-23(18,26)27/h4,8,10-11,18H,5-7,9,12H2,1-3H3,(H,29,31)/i2D3. The highest BCUT2D eigenvalue weighted by Crippen LogP contribution is 2.35. The van der Waals surface area contributed by atoms with Crippen LogP contribution in [0.5, 0.6) is 5.88 Å². The van der Waals surface area contributed by atoms with Gasteiger partial charge in [-0.25, -0.2) is 27.1 Å². The summed E-state index contributed by atoms with van der Waals surface area (Å²) in [7, 11) is 1.36. The molecule has 5 rings (SSSR count). The second kappa shape index (κ2) is 8.67. The minimum atomic E-state index is -3.35. The number of fused-ring (bicyclic) bond motifs is 2. The fourth-order valence-corrected chi connectivity index (χ4v) is 4.52. The Morgan fingerprint density at radius 2 is 2.14 bits per heavy atom. The number of nitrogens with one attached hydrogen (secondary N) is 1. The highest BCUT2D eigenvalue weighted by atomic mass is 19.3. The number of benzene rings is 1. The van der Waals surface area contributed by atoms with Crippen LogP contribution >= 0.6 is 0 Å². The smallest absolute Gasteiger partial charge is 0.280 e. The monoisotopic (exact) mass is 494 g/mol. The number of rotatable bonds is 6. The fraction of sp³-hybridized carbons (Fsp3) is 0.435. The van der Waals surface area contributed by atoms with Gasteiger partial charge in [0.25, 0.3) is 5.92 Å². The molecule has 0 aliphatic carbocycles. The Hall–Kier alpha value is -3.41. The second-order valence-electron chi connectivity index (χ2n) is 8.46. The van der Waals surface area contributed by atoms with Crippen molar-refractivity contribution in [2.75, 3.05) is 39.2 Å². The van der Waals surface area contributed by atoms with Crippen molar-refractivity contribution < 1.29 is 26.4 Å². The van der Waals surface area contributed by atoms with Gasteiger partial charge in [0, 0.05) is 22.4 Å². The van der Waals surface area contributed by atoms with E-state index in [9.17, 15) is 17.6 Å². The van der Waals surface area contributed by atoms with Crippen LogP contribution in [-0.4, -0.2) is 74.9 Å². The van der Waals surface area contributed by atoms with Gasteiger partial charge < -0.3 is 19.5 Å². The van der Waals surface area contributed by atoms with Crippen molar-refractivity contribution in [2.45, 2.75) is 31.9 Å². The predicted octanol–water partition coefficient (Wildman–Crippen LogP) is 3.92. The van der Waals surface area contributed by atoms with Crippen LogP contribution in [0.1, 0.15) is 16.4 Å². The minimum Gasteiger partial charge on any atom is -0.479 e. The summed E-state index contributed by atoms with van der Waals surface area (Å²) < 4.78 is 88.3. The van der Waals surface area contributed by atoms with Gasteiger partial charge in [-0.05, 0) is 44.1 Å². The number of ether oxygens (including phenoxy) is 1. The lowest BCUT2D eigenvalue weighted by atomic mass is 10.0. The Morgan fingerprint density at radius 3 is 2.86 bits per heavy atom. The SMILES string of the molecule is [2H]C([2H])([2H])N1CCC(Nc2nc(OC)c3c(-c4cc(F)c5nc(C)n(CCF)c5c4)ccn3n2)C(F)(F)C1. The molecule has 1 N–H and O–H groups in total. The van der Waals surface area contributed by atoms with E-state index in [1.807, 2.05) is 0 Å². The molecule has 1 saturated heterocycles. The zero-order valence-electron chi connectivity index (χ0n) is 22.0. The van der Waals surface area contributed by atoms with E-state index in [1.54, 1.807) is 29.8 Å². The van der Waals surface area contributed by atoms with Gasteiger partial charge in [-0.3, -0.25) is 0 Å². The van der Waals surface area contributed by atoms with Crippen molar-refractivity contribution in [3.63, 3.8) is 0 Å². The number of anilines is 1. The van der Waals surface area contributed by atoms with E-state index in [4.69, 9.17) is 8.85 Å². The quantitative estimate of drug-likeness (QED) is 0.410. The molecule has 1 fully saturated rings. The van der Waals surface area contributed by atoms with E-state index in [-0.39, 0.29) is 36.9 Å². The van der Waals surface area contributed by atoms with Crippen LogP contribution < -0.4 is 10.1 Å². The summed E-state index contributed by atoms with van der Waals surface area (Å²) in [5.41, 5.74) is 1.88. The van der Waals surface area contributed by atoms with E-state index >= 15 is 0 Å². The normalized spacial score (nSPS) is 20.1. The minimum absolute atomic E-state index is 0.0269. The first-order valence-electron chi connectivity index (χ1n) is 12.5. The zero-order chi connectivity index (χ0) is 27.4. The maximum absolute atomic E-state index is 15.0. The van der Waals surface area contributed by atoms with Gasteiger partial charge in [-0.1, -0.05) is 0 Å². The Balaban J connectivity index is 1.51. The third kappa shape index (κ3) is 4.05. The van der Waals surface area contributed by atoms with Crippen LogP contribution in [0.15, 0.2) is 24.4 Å². The first kappa shape index (κ1) is 19.8. The summed E-state index contributed by atoms with van der Waals surface area (Å²) >= 11 is 0. The van der Waals surface area contributed by atoms with Crippen molar-refractivity contribution in [3.8, 4) is 17.0 Å². The van der Waals surface area contributed by atoms with Crippen molar-refractivity contribution in [1.82, 2.24) is 29.0 Å². The lowest BCUT2D eigenvalue weighted by molar-refractivity contribution is -0.0675. The average Bonchev–Trinajstić information content (AvgIpc) is 3.41. The molecule has 4 aromatic rings. The lowest BCUT2D eigenvalue weighted by Crippen LogP contribution is -2.53.